The Kier molecular flexibility index (Phi) is 4.37. The molecule has 1 aromatic heterocycles. The Labute approximate surface area is 140 Å². The van der Waals surface area contributed by atoms with Gasteiger partial charge in [-0.15, -0.1) is 0 Å². The van der Waals surface area contributed by atoms with Gasteiger partial charge in [0.15, 0.2) is 0 Å². The summed E-state index contributed by atoms with van der Waals surface area (Å²) in [6, 6.07) is 19.1. The van der Waals surface area contributed by atoms with E-state index in [-0.39, 0.29) is 0 Å². The first-order valence-electron chi connectivity index (χ1n) is 7.15. The van der Waals surface area contributed by atoms with Gasteiger partial charge in [0, 0.05) is 17.7 Å². The first-order chi connectivity index (χ1) is 11.2. The van der Waals surface area contributed by atoms with E-state index in [9.17, 15) is 25.2 Å². The molecule has 0 N–H and O–H groups in total. The van der Waals surface area contributed by atoms with E-state index in [1.807, 2.05) is 13.8 Å². The quantitative estimate of drug-likeness (QED) is 0.234. The molecule has 8 heteroatoms. The molecule has 0 atom stereocenters. The van der Waals surface area contributed by atoms with E-state index in [2.05, 4.69) is 54.6 Å². The zero-order valence-electron chi connectivity index (χ0n) is 13.3. The first-order valence-corrected chi connectivity index (χ1v) is 9.18. The molecule has 1 heterocycles. The van der Waals surface area contributed by atoms with Crippen molar-refractivity contribution in [2.45, 2.75) is 13.8 Å². The number of hydrogen-bond acceptors (Lipinski definition) is 0. The van der Waals surface area contributed by atoms with E-state index < -0.39 is 7.81 Å². The van der Waals surface area contributed by atoms with Gasteiger partial charge >= 0.3 is 44.5 Å². The maximum atomic E-state index is 9.87. The molecule has 0 fully saturated rings. The molecule has 2 aromatic carbocycles. The van der Waals surface area contributed by atoms with Crippen LogP contribution in [0, 0.1) is 13.8 Å². The summed E-state index contributed by atoms with van der Waals surface area (Å²) in [6.45, 7) is 3.98. The van der Waals surface area contributed by atoms with Crippen molar-refractivity contribution in [3.8, 4) is 11.1 Å². The summed E-state index contributed by atoms with van der Waals surface area (Å²) >= 11 is 0. The first kappa shape index (κ1) is 19.2. The average Bonchev–Trinajstić information content (AvgIpc) is 2.42. The van der Waals surface area contributed by atoms with Crippen molar-refractivity contribution in [3.05, 3.63) is 66.1 Å². The maximum absolute atomic E-state index is 10.7. The molecule has 0 aliphatic carbocycles. The van der Waals surface area contributed by atoms with Gasteiger partial charge in [-0.05, 0) is 16.3 Å². The SMILES string of the molecule is Cc1cc(-c2cccc3ccccc23)cc(C)[o+]1.F[P-](F)(F)(F)(F)F. The van der Waals surface area contributed by atoms with Gasteiger partial charge in [-0.2, -0.15) is 0 Å². The van der Waals surface area contributed by atoms with Crippen LogP contribution in [0.25, 0.3) is 21.9 Å². The molecule has 0 spiro atoms. The summed E-state index contributed by atoms with van der Waals surface area (Å²) in [5.41, 5.74) is 2.48. The van der Waals surface area contributed by atoms with Crippen LogP contribution in [-0.2, 0) is 0 Å². The van der Waals surface area contributed by atoms with Crippen molar-refractivity contribution >= 4 is 18.6 Å². The number of aryl methyl sites for hydroxylation is 2. The molecule has 0 saturated heterocycles. The van der Waals surface area contributed by atoms with E-state index in [1.165, 1.54) is 21.9 Å². The topological polar surface area (TPSA) is 11.3 Å². The van der Waals surface area contributed by atoms with Gasteiger partial charge in [0.2, 0.25) is 0 Å². The summed E-state index contributed by atoms with van der Waals surface area (Å²) in [4.78, 5) is 0. The fourth-order valence-electron chi connectivity index (χ4n) is 2.43. The van der Waals surface area contributed by atoms with Crippen LogP contribution in [-0.4, -0.2) is 0 Å². The summed E-state index contributed by atoms with van der Waals surface area (Å²) < 4.78 is 64.7. The zero-order valence-corrected chi connectivity index (χ0v) is 14.2. The summed E-state index contributed by atoms with van der Waals surface area (Å²) in [7, 11) is -10.7. The van der Waals surface area contributed by atoms with Crippen LogP contribution in [0.4, 0.5) is 25.2 Å². The molecule has 0 aliphatic rings. The zero-order chi connectivity index (χ0) is 18.9. The Balaban J connectivity index is 0.000000277. The van der Waals surface area contributed by atoms with Crippen LogP contribution in [0.15, 0.2) is 59.0 Å². The van der Waals surface area contributed by atoms with Gasteiger partial charge in [0.05, 0.1) is 13.8 Å². The fourth-order valence-corrected chi connectivity index (χ4v) is 2.43. The van der Waals surface area contributed by atoms with Crippen molar-refractivity contribution in [1.29, 1.82) is 0 Å². The van der Waals surface area contributed by atoms with Gasteiger partial charge < -0.3 is 0 Å². The van der Waals surface area contributed by atoms with Crippen molar-refractivity contribution in [2.24, 2.45) is 0 Å². The van der Waals surface area contributed by atoms with Crippen LogP contribution in [0.3, 0.4) is 0 Å². The Bertz CT molecular complexity index is 883. The Hall–Kier alpha value is -2.14. The van der Waals surface area contributed by atoms with Crippen LogP contribution >= 0.6 is 7.81 Å². The number of fused-ring (bicyclic) bond motifs is 1. The molecule has 0 radical (unpaired) electrons. The number of rotatable bonds is 1. The van der Waals surface area contributed by atoms with E-state index >= 15 is 0 Å². The molecular formula is C17H15F6OP. The van der Waals surface area contributed by atoms with E-state index in [4.69, 9.17) is 4.42 Å². The van der Waals surface area contributed by atoms with Crippen LogP contribution < -0.4 is 0 Å². The Morgan fingerprint density at radius 3 is 1.76 bits per heavy atom. The molecule has 0 bridgehead atoms. The minimum atomic E-state index is -10.7. The second-order valence-electron chi connectivity index (χ2n) is 5.55. The normalized spacial score (nSPS) is 14.2. The van der Waals surface area contributed by atoms with Crippen LogP contribution in [0.2, 0.25) is 0 Å². The van der Waals surface area contributed by atoms with Crippen LogP contribution in [0.1, 0.15) is 11.5 Å². The van der Waals surface area contributed by atoms with Crippen molar-refractivity contribution in [2.75, 3.05) is 0 Å². The van der Waals surface area contributed by atoms with Gasteiger partial charge in [0.25, 0.3) is 0 Å². The molecule has 0 aliphatic heterocycles. The van der Waals surface area contributed by atoms with Crippen molar-refractivity contribution < 1.29 is 29.6 Å². The summed E-state index contributed by atoms with van der Waals surface area (Å²) in [5.74, 6) is 1.89. The van der Waals surface area contributed by atoms with E-state index in [1.54, 1.807) is 0 Å². The fraction of sp³-hybridized carbons (Fsp3) is 0.118. The molecular weight excluding hydrogens is 365 g/mol. The van der Waals surface area contributed by atoms with Crippen molar-refractivity contribution in [1.82, 2.24) is 0 Å². The molecule has 136 valence electrons. The molecule has 1 nitrogen and oxygen atoms in total. The molecule has 0 amide bonds. The predicted octanol–water partition coefficient (Wildman–Crippen LogP) is 8.38. The molecule has 3 aromatic rings. The van der Waals surface area contributed by atoms with E-state index in [0.29, 0.717) is 0 Å². The van der Waals surface area contributed by atoms with Gasteiger partial charge in [-0.3, -0.25) is 0 Å². The number of halogens is 6. The second-order valence-corrected chi connectivity index (χ2v) is 7.47. The second kappa shape index (κ2) is 5.70. The van der Waals surface area contributed by atoms with Crippen LogP contribution in [0.5, 0.6) is 0 Å². The molecule has 25 heavy (non-hydrogen) atoms. The molecule has 0 unspecified atom stereocenters. The monoisotopic (exact) mass is 380 g/mol. The third-order valence-corrected chi connectivity index (χ3v) is 3.14. The minimum absolute atomic E-state index is 0.943. The summed E-state index contributed by atoms with van der Waals surface area (Å²) in [5, 5.41) is 2.55. The third-order valence-electron chi connectivity index (χ3n) is 3.14. The standard InChI is InChI=1S/C17H15O.F6P/c1-12-10-15(11-13(2)18-12)17-9-5-7-14-6-3-4-8-16(14)17;1-7(2,3,4,5)6/h3-11H,1-2H3;/q+1;-1. The molecule has 3 rings (SSSR count). The van der Waals surface area contributed by atoms with E-state index in [0.717, 1.165) is 11.5 Å². The Morgan fingerprint density at radius 1 is 0.720 bits per heavy atom. The van der Waals surface area contributed by atoms with Crippen molar-refractivity contribution in [3.63, 3.8) is 0 Å². The van der Waals surface area contributed by atoms with Gasteiger partial charge in [-0.1, -0.05) is 42.5 Å². The number of hydrogen-bond donors (Lipinski definition) is 0. The Morgan fingerprint density at radius 2 is 1.20 bits per heavy atom. The number of benzene rings is 2. The average molecular weight is 380 g/mol. The molecule has 0 saturated carbocycles. The summed E-state index contributed by atoms with van der Waals surface area (Å²) in [6.07, 6.45) is 0. The third kappa shape index (κ3) is 7.10. The van der Waals surface area contributed by atoms with Gasteiger partial charge in [0.1, 0.15) is 0 Å². The van der Waals surface area contributed by atoms with Gasteiger partial charge in [-0.25, -0.2) is 4.42 Å². The predicted molar refractivity (Wildman–Crippen MR) is 89.1 cm³/mol.